The third kappa shape index (κ3) is 3.31. The third-order valence-electron chi connectivity index (χ3n) is 3.95. The molecule has 0 aromatic heterocycles. The first-order valence-corrected chi connectivity index (χ1v) is 8.35. The van der Waals surface area contributed by atoms with E-state index in [4.69, 9.17) is 5.73 Å². The minimum absolute atomic E-state index is 0.107. The monoisotopic (exact) mass is 298 g/mol. The van der Waals surface area contributed by atoms with Gasteiger partial charge in [0.1, 0.15) is 0 Å². The molecular weight excluding hydrogens is 276 g/mol. The van der Waals surface area contributed by atoms with Crippen LogP contribution in [0.2, 0.25) is 0 Å². The van der Waals surface area contributed by atoms with E-state index in [-0.39, 0.29) is 17.0 Å². The van der Waals surface area contributed by atoms with Crippen LogP contribution in [0.15, 0.2) is 17.0 Å². The molecule has 0 heterocycles. The Morgan fingerprint density at radius 2 is 1.80 bits per heavy atom. The summed E-state index contributed by atoms with van der Waals surface area (Å²) in [6.45, 7) is 3.63. The summed E-state index contributed by atoms with van der Waals surface area (Å²) >= 11 is 0. The highest BCUT2D eigenvalue weighted by molar-refractivity contribution is 7.89. The molecule has 0 atom stereocenters. The van der Waals surface area contributed by atoms with Gasteiger partial charge in [0.25, 0.3) is 0 Å². The van der Waals surface area contributed by atoms with Gasteiger partial charge in [-0.3, -0.25) is 0 Å². The van der Waals surface area contributed by atoms with Crippen LogP contribution in [-0.4, -0.2) is 25.7 Å². The smallest absolute Gasteiger partial charge is 0.241 e. The largest absolute Gasteiger partial charge is 0.399 e. The fourth-order valence-corrected chi connectivity index (χ4v) is 4.27. The predicted molar refractivity (Wildman–Crippen MR) is 78.9 cm³/mol. The van der Waals surface area contributed by atoms with Crippen LogP contribution in [0.4, 0.5) is 5.69 Å². The zero-order valence-electron chi connectivity index (χ0n) is 11.9. The van der Waals surface area contributed by atoms with Crippen LogP contribution in [0.1, 0.15) is 36.8 Å². The van der Waals surface area contributed by atoms with E-state index in [0.29, 0.717) is 31.4 Å². The van der Waals surface area contributed by atoms with Gasteiger partial charge in [-0.05, 0) is 62.8 Å². The lowest BCUT2D eigenvalue weighted by Gasteiger charge is -2.26. The van der Waals surface area contributed by atoms with Crippen molar-refractivity contribution in [3.8, 4) is 0 Å². The third-order valence-corrected chi connectivity index (χ3v) is 5.60. The number of hydrogen-bond donors (Lipinski definition) is 3. The van der Waals surface area contributed by atoms with Gasteiger partial charge in [0.05, 0.1) is 11.0 Å². The average molecular weight is 298 g/mol. The van der Waals surface area contributed by atoms with Gasteiger partial charge in [0.2, 0.25) is 10.0 Å². The Kier molecular flexibility index (Phi) is 4.36. The van der Waals surface area contributed by atoms with Gasteiger partial charge in [-0.25, -0.2) is 13.1 Å². The van der Waals surface area contributed by atoms with Crippen LogP contribution in [0.5, 0.6) is 0 Å². The summed E-state index contributed by atoms with van der Waals surface area (Å²) < 4.78 is 27.7. The first kappa shape index (κ1) is 15.3. The average Bonchev–Trinajstić information content (AvgIpc) is 2.36. The summed E-state index contributed by atoms with van der Waals surface area (Å²) in [6.07, 6.45) is 2.32. The number of rotatable bonds is 3. The molecule has 1 fully saturated rings. The van der Waals surface area contributed by atoms with E-state index in [1.807, 2.05) is 6.92 Å². The van der Waals surface area contributed by atoms with Crippen LogP contribution < -0.4 is 10.5 Å². The molecule has 0 bridgehead atoms. The normalized spacial score (nSPS) is 23.8. The number of nitrogen functional groups attached to an aromatic ring is 1. The van der Waals surface area contributed by atoms with Crippen molar-refractivity contribution < 1.29 is 13.5 Å². The highest BCUT2D eigenvalue weighted by Gasteiger charge is 2.26. The number of nitrogens with one attached hydrogen (secondary N) is 1. The maximum absolute atomic E-state index is 12.5. The van der Waals surface area contributed by atoms with Gasteiger partial charge in [-0.1, -0.05) is 0 Å². The van der Waals surface area contributed by atoms with E-state index in [9.17, 15) is 13.5 Å². The summed E-state index contributed by atoms with van der Waals surface area (Å²) in [7, 11) is -3.56. The second-order valence-electron chi connectivity index (χ2n) is 5.59. The van der Waals surface area contributed by atoms with E-state index in [1.165, 1.54) is 6.07 Å². The molecule has 1 aliphatic rings. The molecule has 0 amide bonds. The number of benzene rings is 1. The molecule has 6 heteroatoms. The number of aryl methyl sites for hydroxylation is 1. The number of anilines is 1. The van der Waals surface area contributed by atoms with Crippen molar-refractivity contribution in [1.82, 2.24) is 4.72 Å². The standard InChI is InChI=1S/C14H22N2O3S/c1-9-7-11(15)8-14(10(9)2)20(18,19)16-12-3-5-13(17)6-4-12/h7-8,12-13,16-17H,3-6,15H2,1-2H3. The van der Waals surface area contributed by atoms with E-state index >= 15 is 0 Å². The molecular formula is C14H22N2O3S. The lowest BCUT2D eigenvalue weighted by atomic mass is 9.94. The van der Waals surface area contributed by atoms with E-state index < -0.39 is 10.0 Å². The zero-order valence-corrected chi connectivity index (χ0v) is 12.7. The van der Waals surface area contributed by atoms with Crippen LogP contribution >= 0.6 is 0 Å². The van der Waals surface area contributed by atoms with Crippen LogP contribution in [0, 0.1) is 13.8 Å². The molecule has 0 spiro atoms. The van der Waals surface area contributed by atoms with Crippen molar-refractivity contribution in [2.24, 2.45) is 0 Å². The summed E-state index contributed by atoms with van der Waals surface area (Å²) in [4.78, 5) is 0.251. The van der Waals surface area contributed by atoms with Crippen molar-refractivity contribution in [2.45, 2.75) is 56.6 Å². The topological polar surface area (TPSA) is 92.4 Å². The summed E-state index contributed by atoms with van der Waals surface area (Å²) in [6, 6.07) is 3.16. The number of hydrogen-bond acceptors (Lipinski definition) is 4. The van der Waals surface area contributed by atoms with Crippen molar-refractivity contribution in [1.29, 1.82) is 0 Å². The van der Waals surface area contributed by atoms with E-state index in [0.717, 1.165) is 11.1 Å². The molecule has 5 nitrogen and oxygen atoms in total. The molecule has 1 aliphatic carbocycles. The molecule has 1 aromatic rings. The maximum atomic E-state index is 12.5. The molecule has 2 rings (SSSR count). The second kappa shape index (κ2) is 5.71. The molecule has 0 radical (unpaired) electrons. The van der Waals surface area contributed by atoms with E-state index in [1.54, 1.807) is 13.0 Å². The SMILES string of the molecule is Cc1cc(N)cc(S(=O)(=O)NC2CCC(O)CC2)c1C. The van der Waals surface area contributed by atoms with E-state index in [2.05, 4.69) is 4.72 Å². The number of nitrogens with two attached hydrogens (primary N) is 1. The Balaban J connectivity index is 2.23. The van der Waals surface area contributed by atoms with Crippen LogP contribution in [-0.2, 0) is 10.0 Å². The number of sulfonamides is 1. The first-order chi connectivity index (χ1) is 9.29. The Bertz CT molecular complexity index is 591. The molecule has 0 saturated heterocycles. The summed E-state index contributed by atoms with van der Waals surface area (Å²) in [5, 5.41) is 9.47. The van der Waals surface area contributed by atoms with Crippen LogP contribution in [0.3, 0.4) is 0 Å². The fraction of sp³-hybridized carbons (Fsp3) is 0.571. The van der Waals surface area contributed by atoms with Gasteiger partial charge in [0, 0.05) is 11.7 Å². The quantitative estimate of drug-likeness (QED) is 0.737. The molecule has 1 aromatic carbocycles. The fourth-order valence-electron chi connectivity index (χ4n) is 2.61. The van der Waals surface area contributed by atoms with Crippen molar-refractivity contribution >= 4 is 15.7 Å². The Morgan fingerprint density at radius 3 is 2.40 bits per heavy atom. The first-order valence-electron chi connectivity index (χ1n) is 6.86. The van der Waals surface area contributed by atoms with Gasteiger partial charge in [0.15, 0.2) is 0 Å². The lowest BCUT2D eigenvalue weighted by Crippen LogP contribution is -2.38. The van der Waals surface area contributed by atoms with Crippen LogP contribution in [0.25, 0.3) is 0 Å². The van der Waals surface area contributed by atoms with Crippen molar-refractivity contribution in [2.75, 3.05) is 5.73 Å². The Labute approximate surface area is 120 Å². The minimum Gasteiger partial charge on any atom is -0.399 e. The number of aliphatic hydroxyl groups excluding tert-OH is 1. The predicted octanol–water partition coefficient (Wildman–Crippen LogP) is 1.47. The van der Waals surface area contributed by atoms with Gasteiger partial charge < -0.3 is 10.8 Å². The number of aliphatic hydroxyl groups is 1. The van der Waals surface area contributed by atoms with Crippen molar-refractivity contribution in [3.05, 3.63) is 23.3 Å². The zero-order chi connectivity index (χ0) is 14.9. The highest BCUT2D eigenvalue weighted by atomic mass is 32.2. The minimum atomic E-state index is -3.56. The molecule has 112 valence electrons. The van der Waals surface area contributed by atoms with Gasteiger partial charge in [-0.15, -0.1) is 0 Å². The molecule has 20 heavy (non-hydrogen) atoms. The second-order valence-corrected chi connectivity index (χ2v) is 7.27. The Morgan fingerprint density at radius 1 is 1.20 bits per heavy atom. The van der Waals surface area contributed by atoms with Crippen molar-refractivity contribution in [3.63, 3.8) is 0 Å². The Hall–Kier alpha value is -1.11. The molecule has 4 N–H and O–H groups in total. The highest BCUT2D eigenvalue weighted by Crippen LogP contribution is 2.25. The summed E-state index contributed by atoms with van der Waals surface area (Å²) in [5.41, 5.74) is 7.79. The molecule has 1 saturated carbocycles. The molecule has 0 aliphatic heterocycles. The molecule has 0 unspecified atom stereocenters. The lowest BCUT2D eigenvalue weighted by molar-refractivity contribution is 0.120. The van der Waals surface area contributed by atoms with Gasteiger partial charge >= 0.3 is 0 Å². The summed E-state index contributed by atoms with van der Waals surface area (Å²) in [5.74, 6) is 0. The maximum Gasteiger partial charge on any atom is 0.241 e. The van der Waals surface area contributed by atoms with Gasteiger partial charge in [-0.2, -0.15) is 0 Å².